The first-order chi connectivity index (χ1) is 17.0. The van der Waals surface area contributed by atoms with Gasteiger partial charge in [-0.15, -0.1) is 0 Å². The van der Waals surface area contributed by atoms with Gasteiger partial charge >= 0.3 is 0 Å². The number of para-hydroxylation sites is 5. The molecular formula is C30H28N4O. The third-order valence-electron chi connectivity index (χ3n) is 7.89. The van der Waals surface area contributed by atoms with Crippen molar-refractivity contribution >= 4 is 56.1 Å². The monoisotopic (exact) mass is 460 g/mol. The Labute approximate surface area is 205 Å². The highest BCUT2D eigenvalue weighted by Crippen LogP contribution is 2.50. The number of furan rings is 1. The van der Waals surface area contributed by atoms with Crippen LogP contribution < -0.4 is 19.6 Å². The second-order valence-electron chi connectivity index (χ2n) is 9.64. The number of rotatable bonds is 2. The number of hydrogen-bond donors (Lipinski definition) is 0. The Balaban J connectivity index is 1.53. The number of nitrogens with zero attached hydrogens (tertiary/aromatic N) is 4. The molecule has 5 nitrogen and oxygen atoms in total. The van der Waals surface area contributed by atoms with Crippen LogP contribution in [0.5, 0.6) is 0 Å². The van der Waals surface area contributed by atoms with E-state index in [2.05, 4.69) is 126 Å². The molecule has 35 heavy (non-hydrogen) atoms. The van der Waals surface area contributed by atoms with Crippen molar-refractivity contribution < 1.29 is 4.42 Å². The minimum atomic E-state index is 0.157. The summed E-state index contributed by atoms with van der Waals surface area (Å²) in [6.45, 7) is 4.52. The van der Waals surface area contributed by atoms with E-state index in [0.717, 1.165) is 27.6 Å². The molecule has 4 aromatic carbocycles. The molecule has 7 rings (SSSR count). The maximum Gasteiger partial charge on any atom is 0.159 e. The van der Waals surface area contributed by atoms with Gasteiger partial charge < -0.3 is 24.0 Å². The van der Waals surface area contributed by atoms with Gasteiger partial charge in [-0.25, -0.2) is 0 Å². The molecule has 0 aliphatic carbocycles. The topological polar surface area (TPSA) is 26.1 Å². The molecule has 0 spiro atoms. The third-order valence-corrected chi connectivity index (χ3v) is 7.89. The Morgan fingerprint density at radius 1 is 0.571 bits per heavy atom. The Bertz CT molecular complexity index is 1610. The van der Waals surface area contributed by atoms with Gasteiger partial charge in [0.25, 0.3) is 0 Å². The number of anilines is 6. The van der Waals surface area contributed by atoms with Gasteiger partial charge in [0.05, 0.1) is 28.4 Å². The van der Waals surface area contributed by atoms with Gasteiger partial charge in [0, 0.05) is 30.6 Å². The quantitative estimate of drug-likeness (QED) is 0.272. The maximum absolute atomic E-state index is 6.54. The first-order valence-electron chi connectivity index (χ1n) is 12.2. The van der Waals surface area contributed by atoms with Crippen molar-refractivity contribution in [2.24, 2.45) is 0 Å². The third kappa shape index (κ3) is 2.69. The number of hydrogen-bond acceptors (Lipinski definition) is 5. The van der Waals surface area contributed by atoms with E-state index < -0.39 is 0 Å². The van der Waals surface area contributed by atoms with Crippen molar-refractivity contribution in [3.63, 3.8) is 0 Å². The molecule has 0 saturated heterocycles. The van der Waals surface area contributed by atoms with Crippen molar-refractivity contribution in [1.29, 1.82) is 0 Å². The summed E-state index contributed by atoms with van der Waals surface area (Å²) in [4.78, 5) is 9.53. The zero-order valence-corrected chi connectivity index (χ0v) is 20.4. The summed E-state index contributed by atoms with van der Waals surface area (Å²) in [5, 5.41) is 2.29. The standard InChI is InChI=1S/C30H28N4O/c1-19-31(3)24-12-6-8-14-26(24)33(19)21-17-23-22-11-5-10-16-29(22)35-30(23)28(18-21)34-20(2)32(4)25-13-7-9-15-27(25)34/h5-20H,1-4H3/t19-,20+/m1/s1. The van der Waals surface area contributed by atoms with Gasteiger partial charge in [0.15, 0.2) is 5.58 Å². The van der Waals surface area contributed by atoms with Crippen molar-refractivity contribution in [3.8, 4) is 0 Å². The fourth-order valence-electron chi connectivity index (χ4n) is 5.88. The lowest BCUT2D eigenvalue weighted by atomic mass is 10.1. The highest BCUT2D eigenvalue weighted by Gasteiger charge is 2.36. The zero-order chi connectivity index (χ0) is 23.8. The van der Waals surface area contributed by atoms with Crippen LogP contribution in [0.25, 0.3) is 21.9 Å². The van der Waals surface area contributed by atoms with Crippen LogP contribution in [0.15, 0.2) is 89.3 Å². The van der Waals surface area contributed by atoms with E-state index in [4.69, 9.17) is 4.42 Å². The highest BCUT2D eigenvalue weighted by molar-refractivity contribution is 6.12. The summed E-state index contributed by atoms with van der Waals surface area (Å²) in [6, 6.07) is 30.2. The minimum absolute atomic E-state index is 0.157. The molecule has 2 atom stereocenters. The lowest BCUT2D eigenvalue weighted by Crippen LogP contribution is -2.37. The van der Waals surface area contributed by atoms with E-state index in [1.54, 1.807) is 0 Å². The fourth-order valence-corrected chi connectivity index (χ4v) is 5.88. The van der Waals surface area contributed by atoms with Crippen molar-refractivity contribution in [1.82, 2.24) is 0 Å². The summed E-state index contributed by atoms with van der Waals surface area (Å²) in [7, 11) is 4.33. The summed E-state index contributed by atoms with van der Waals surface area (Å²) in [6.07, 6.45) is 0.354. The van der Waals surface area contributed by atoms with Crippen LogP contribution in [-0.2, 0) is 0 Å². The summed E-state index contributed by atoms with van der Waals surface area (Å²) in [5.74, 6) is 0. The van der Waals surface area contributed by atoms with Crippen LogP contribution in [0.3, 0.4) is 0 Å². The van der Waals surface area contributed by atoms with Gasteiger partial charge in [-0.05, 0) is 56.3 Å². The summed E-state index contributed by atoms with van der Waals surface area (Å²) >= 11 is 0. The fraction of sp³-hybridized carbons (Fsp3) is 0.200. The molecule has 5 aromatic rings. The molecule has 2 aliphatic rings. The Morgan fingerprint density at radius 3 is 1.80 bits per heavy atom. The SMILES string of the molecule is C[C@@H]1N(C)c2ccccc2N1c1cc(N2c3ccccc3N(C)[C@@H]2C)c2oc3ccccc3c2c1. The predicted molar refractivity (Wildman–Crippen MR) is 147 cm³/mol. The second-order valence-corrected chi connectivity index (χ2v) is 9.64. The first-order valence-corrected chi connectivity index (χ1v) is 12.2. The molecule has 5 heteroatoms. The van der Waals surface area contributed by atoms with Crippen LogP contribution in [0.1, 0.15) is 13.8 Å². The van der Waals surface area contributed by atoms with Crippen LogP contribution in [0.4, 0.5) is 34.1 Å². The van der Waals surface area contributed by atoms with E-state index in [1.807, 2.05) is 6.07 Å². The first kappa shape index (κ1) is 20.3. The predicted octanol–water partition coefficient (Wildman–Crippen LogP) is 7.45. The molecule has 0 unspecified atom stereocenters. The van der Waals surface area contributed by atoms with Crippen molar-refractivity contribution in [3.05, 3.63) is 84.9 Å². The zero-order valence-electron chi connectivity index (χ0n) is 20.4. The molecule has 0 N–H and O–H groups in total. The van der Waals surface area contributed by atoms with Gasteiger partial charge in [-0.3, -0.25) is 0 Å². The average Bonchev–Trinajstić information content (AvgIpc) is 3.47. The molecule has 3 heterocycles. The second kappa shape index (κ2) is 7.19. The summed E-state index contributed by atoms with van der Waals surface area (Å²) in [5.41, 5.74) is 9.02. The van der Waals surface area contributed by atoms with E-state index in [0.29, 0.717) is 0 Å². The lowest BCUT2D eigenvalue weighted by molar-refractivity contribution is 0.661. The smallest absolute Gasteiger partial charge is 0.159 e. The molecule has 0 radical (unpaired) electrons. The Hall–Kier alpha value is -4.12. The molecule has 1 aromatic heterocycles. The van der Waals surface area contributed by atoms with Crippen LogP contribution in [0.2, 0.25) is 0 Å². The largest absolute Gasteiger partial charge is 0.454 e. The molecule has 0 amide bonds. The lowest BCUT2D eigenvalue weighted by Gasteiger charge is -2.31. The summed E-state index contributed by atoms with van der Waals surface area (Å²) < 4.78 is 6.54. The van der Waals surface area contributed by atoms with Crippen LogP contribution in [-0.4, -0.2) is 26.4 Å². The number of benzene rings is 4. The van der Waals surface area contributed by atoms with E-state index in [9.17, 15) is 0 Å². The molecule has 0 bridgehead atoms. The Kier molecular flexibility index (Phi) is 4.16. The molecular weight excluding hydrogens is 432 g/mol. The van der Waals surface area contributed by atoms with Gasteiger partial charge in [0.2, 0.25) is 0 Å². The molecule has 174 valence electrons. The van der Waals surface area contributed by atoms with Gasteiger partial charge in [-0.1, -0.05) is 42.5 Å². The maximum atomic E-state index is 6.54. The van der Waals surface area contributed by atoms with Crippen molar-refractivity contribution in [2.45, 2.75) is 26.2 Å². The average molecular weight is 461 g/mol. The normalized spacial score (nSPS) is 19.2. The van der Waals surface area contributed by atoms with Gasteiger partial charge in [0.1, 0.15) is 17.9 Å². The highest BCUT2D eigenvalue weighted by atomic mass is 16.3. The molecule has 0 saturated carbocycles. The minimum Gasteiger partial charge on any atom is -0.454 e. The van der Waals surface area contributed by atoms with E-state index >= 15 is 0 Å². The van der Waals surface area contributed by atoms with E-state index in [-0.39, 0.29) is 12.3 Å². The Morgan fingerprint density at radius 2 is 1.11 bits per heavy atom. The molecule has 0 fully saturated rings. The van der Waals surface area contributed by atoms with E-state index in [1.165, 1.54) is 28.4 Å². The molecule has 2 aliphatic heterocycles. The van der Waals surface area contributed by atoms with Gasteiger partial charge in [-0.2, -0.15) is 0 Å². The number of fused-ring (bicyclic) bond motifs is 5. The van der Waals surface area contributed by atoms with Crippen molar-refractivity contribution in [2.75, 3.05) is 33.7 Å². The van der Waals surface area contributed by atoms with Crippen LogP contribution >= 0.6 is 0 Å². The van der Waals surface area contributed by atoms with Crippen LogP contribution in [0, 0.1) is 0 Å².